The number of carbonyl (C=O) groups excluding carboxylic acids is 4. The van der Waals surface area contributed by atoms with E-state index in [0.29, 0.717) is 12.0 Å². The molecule has 5 atom stereocenters. The molecule has 0 radical (unpaired) electrons. The van der Waals surface area contributed by atoms with Gasteiger partial charge in [0.15, 0.2) is 0 Å². The van der Waals surface area contributed by atoms with Gasteiger partial charge in [0.05, 0.1) is 25.0 Å². The summed E-state index contributed by atoms with van der Waals surface area (Å²) in [6.07, 6.45) is 2.79. The number of hydrogen-bond acceptors (Lipinski definition) is 6. The van der Waals surface area contributed by atoms with Gasteiger partial charge in [-0.1, -0.05) is 70.5 Å². The predicted octanol–water partition coefficient (Wildman–Crippen LogP) is 2.30. The van der Waals surface area contributed by atoms with Gasteiger partial charge in [-0.2, -0.15) is 0 Å². The summed E-state index contributed by atoms with van der Waals surface area (Å²) >= 11 is 0. The second-order valence-electron chi connectivity index (χ2n) is 9.38. The number of benzene rings is 1. The monoisotopic (exact) mass is 501 g/mol. The number of rotatable bonds is 6. The highest BCUT2D eigenvalue weighted by Crippen LogP contribution is 2.17. The van der Waals surface area contributed by atoms with E-state index >= 15 is 0 Å². The van der Waals surface area contributed by atoms with Crippen molar-refractivity contribution in [1.29, 1.82) is 0 Å². The third kappa shape index (κ3) is 8.78. The minimum atomic E-state index is -1.20. The number of aliphatic hydroxyl groups is 1. The van der Waals surface area contributed by atoms with E-state index in [1.54, 1.807) is 43.3 Å². The molecule has 36 heavy (non-hydrogen) atoms. The Kier molecular flexibility index (Phi) is 11.6. The van der Waals surface area contributed by atoms with E-state index in [9.17, 15) is 24.3 Å². The molecule has 1 aliphatic rings. The molecule has 1 fully saturated rings. The predicted molar refractivity (Wildman–Crippen MR) is 135 cm³/mol. The van der Waals surface area contributed by atoms with E-state index in [1.807, 2.05) is 26.8 Å². The molecule has 198 valence electrons. The van der Waals surface area contributed by atoms with Crippen LogP contribution in [0.2, 0.25) is 0 Å². The molecule has 3 amide bonds. The van der Waals surface area contributed by atoms with Gasteiger partial charge in [-0.15, -0.1) is 0 Å². The Morgan fingerprint density at radius 3 is 2.31 bits per heavy atom. The van der Waals surface area contributed by atoms with Crippen LogP contribution in [0.3, 0.4) is 0 Å². The Morgan fingerprint density at radius 1 is 1.00 bits per heavy atom. The zero-order valence-corrected chi connectivity index (χ0v) is 21.5. The normalized spacial score (nSPS) is 27.0. The quantitative estimate of drug-likeness (QED) is 0.349. The third-order valence-electron chi connectivity index (χ3n) is 6.03. The summed E-state index contributed by atoms with van der Waals surface area (Å²) in [7, 11) is 0. The highest BCUT2D eigenvalue weighted by Gasteiger charge is 2.33. The molecule has 1 aromatic rings. The number of unbranched alkanes of at least 4 members (excludes halogenated alkanes) is 1. The van der Waals surface area contributed by atoms with Gasteiger partial charge in [0.2, 0.25) is 17.7 Å². The lowest BCUT2D eigenvalue weighted by Crippen LogP contribution is -2.55. The topological polar surface area (TPSA) is 134 Å². The molecule has 2 rings (SSSR count). The summed E-state index contributed by atoms with van der Waals surface area (Å²) in [5.41, 5.74) is 0.550. The van der Waals surface area contributed by atoms with Crippen molar-refractivity contribution in [2.75, 3.05) is 0 Å². The average molecular weight is 502 g/mol. The summed E-state index contributed by atoms with van der Waals surface area (Å²) < 4.78 is 5.52. The zero-order valence-electron chi connectivity index (χ0n) is 21.5. The lowest BCUT2D eigenvalue weighted by atomic mass is 9.95. The Hall–Kier alpha value is -3.20. The van der Waals surface area contributed by atoms with Gasteiger partial charge >= 0.3 is 5.97 Å². The van der Waals surface area contributed by atoms with Crippen molar-refractivity contribution in [3.63, 3.8) is 0 Å². The number of ether oxygens (including phenoxy) is 1. The summed E-state index contributed by atoms with van der Waals surface area (Å²) in [6, 6.07) is 6.04. The Bertz CT molecular complexity index is 917. The molecule has 0 unspecified atom stereocenters. The average Bonchev–Trinajstić information content (AvgIpc) is 2.83. The maximum absolute atomic E-state index is 13.3. The first-order valence-electron chi connectivity index (χ1n) is 12.6. The third-order valence-corrected chi connectivity index (χ3v) is 6.03. The molecule has 1 aromatic carbocycles. The maximum atomic E-state index is 13.3. The van der Waals surface area contributed by atoms with E-state index in [-0.39, 0.29) is 18.8 Å². The zero-order chi connectivity index (χ0) is 26.7. The molecule has 0 bridgehead atoms. The fourth-order valence-electron chi connectivity index (χ4n) is 4.01. The Labute approximate surface area is 213 Å². The van der Waals surface area contributed by atoms with Crippen LogP contribution in [0.1, 0.15) is 71.4 Å². The van der Waals surface area contributed by atoms with Crippen molar-refractivity contribution in [1.82, 2.24) is 16.0 Å². The van der Waals surface area contributed by atoms with Gasteiger partial charge < -0.3 is 25.8 Å². The van der Waals surface area contributed by atoms with Crippen LogP contribution < -0.4 is 16.0 Å². The van der Waals surface area contributed by atoms with Crippen LogP contribution in [0.5, 0.6) is 0 Å². The molecule has 1 saturated heterocycles. The molecule has 9 heteroatoms. The lowest BCUT2D eigenvalue weighted by Gasteiger charge is -2.29. The van der Waals surface area contributed by atoms with Crippen molar-refractivity contribution in [3.05, 3.63) is 48.0 Å². The van der Waals surface area contributed by atoms with Crippen LogP contribution >= 0.6 is 0 Å². The first-order valence-corrected chi connectivity index (χ1v) is 12.6. The van der Waals surface area contributed by atoms with Crippen molar-refractivity contribution in [3.8, 4) is 0 Å². The van der Waals surface area contributed by atoms with Crippen molar-refractivity contribution in [2.24, 2.45) is 5.92 Å². The molecule has 4 N–H and O–H groups in total. The summed E-state index contributed by atoms with van der Waals surface area (Å²) in [4.78, 5) is 51.9. The van der Waals surface area contributed by atoms with Crippen molar-refractivity contribution in [2.45, 2.75) is 90.1 Å². The van der Waals surface area contributed by atoms with Crippen molar-refractivity contribution < 1.29 is 29.0 Å². The molecular formula is C27H39N3O6. The number of aliphatic hydroxyl groups excluding tert-OH is 1. The first-order chi connectivity index (χ1) is 17.2. The van der Waals surface area contributed by atoms with Crippen molar-refractivity contribution >= 4 is 23.7 Å². The van der Waals surface area contributed by atoms with E-state index < -0.39 is 54.0 Å². The second kappa shape index (κ2) is 14.4. The largest absolute Gasteiger partial charge is 0.457 e. The maximum Gasteiger partial charge on any atom is 0.309 e. The van der Waals surface area contributed by atoms with Gasteiger partial charge in [0, 0.05) is 0 Å². The molecule has 0 saturated carbocycles. The standard InChI is InChI=1S/C27H39N3O6/c1-5-7-9-14-19-15-22(32)29-25(18-12-10-8-11-13-18)27(35)28-20(6-2)26(34)30-24(17(3)4)21(31)16-23(33)36-19/h8-14,17,19-21,24-25,31H,5-7,15-16H2,1-4H3,(H,28,35)(H,29,32)(H,30,34)/b14-9+/t19-,20-,21+,24-,25+/m1/s1. The Balaban J connectivity index is 2.43. The molecule has 9 nitrogen and oxygen atoms in total. The minimum absolute atomic E-state index is 0.193. The van der Waals surface area contributed by atoms with Crippen LogP contribution in [0.15, 0.2) is 42.5 Å². The lowest BCUT2D eigenvalue weighted by molar-refractivity contribution is -0.151. The second-order valence-corrected chi connectivity index (χ2v) is 9.38. The number of amides is 3. The highest BCUT2D eigenvalue weighted by molar-refractivity contribution is 5.93. The van der Waals surface area contributed by atoms with Gasteiger partial charge in [-0.25, -0.2) is 0 Å². The number of allylic oxidation sites excluding steroid dienone is 1. The smallest absolute Gasteiger partial charge is 0.309 e. The van der Waals surface area contributed by atoms with Crippen LogP contribution in [-0.2, 0) is 23.9 Å². The SMILES string of the molecule is CCC/C=C/[C@@H]1CC(=O)N[C@@H](c2ccccc2)C(=O)N[C@H](CC)C(=O)N[C@H](C(C)C)[C@@H](O)CC(=O)O1. The van der Waals surface area contributed by atoms with Gasteiger partial charge in [0.25, 0.3) is 0 Å². The molecular weight excluding hydrogens is 462 g/mol. The molecule has 0 aliphatic carbocycles. The number of nitrogens with one attached hydrogen (secondary N) is 3. The highest BCUT2D eigenvalue weighted by atomic mass is 16.5. The Morgan fingerprint density at radius 2 is 1.69 bits per heavy atom. The summed E-state index contributed by atoms with van der Waals surface area (Å²) in [5.74, 6) is -2.39. The van der Waals surface area contributed by atoms with Gasteiger partial charge in [-0.3, -0.25) is 19.2 Å². The van der Waals surface area contributed by atoms with E-state index in [4.69, 9.17) is 4.74 Å². The molecule has 1 aliphatic heterocycles. The number of esters is 1. The van der Waals surface area contributed by atoms with Gasteiger partial charge in [0.1, 0.15) is 18.2 Å². The molecule has 0 spiro atoms. The van der Waals surface area contributed by atoms with Crippen LogP contribution in [0.25, 0.3) is 0 Å². The van der Waals surface area contributed by atoms with E-state index in [0.717, 1.165) is 12.8 Å². The fraction of sp³-hybridized carbons (Fsp3) is 0.556. The first kappa shape index (κ1) is 29.0. The number of hydrogen-bond donors (Lipinski definition) is 4. The number of carbonyl (C=O) groups is 4. The fourth-order valence-corrected chi connectivity index (χ4v) is 4.01. The number of cyclic esters (lactones) is 1. The minimum Gasteiger partial charge on any atom is -0.457 e. The van der Waals surface area contributed by atoms with Crippen LogP contribution in [0, 0.1) is 5.92 Å². The molecule has 0 aromatic heterocycles. The van der Waals surface area contributed by atoms with Crippen LogP contribution in [0.4, 0.5) is 0 Å². The van der Waals surface area contributed by atoms with E-state index in [1.165, 1.54) is 0 Å². The van der Waals surface area contributed by atoms with Gasteiger partial charge in [-0.05, 0) is 30.4 Å². The van der Waals surface area contributed by atoms with Crippen LogP contribution in [-0.4, -0.2) is 53.1 Å². The van der Waals surface area contributed by atoms with E-state index in [2.05, 4.69) is 16.0 Å². The summed E-state index contributed by atoms with van der Waals surface area (Å²) in [6.45, 7) is 7.39. The molecule has 1 heterocycles. The summed E-state index contributed by atoms with van der Waals surface area (Å²) in [5, 5.41) is 19.0.